The maximum Gasteiger partial charge on any atom is 1.00 e. The Kier molecular flexibility index (Phi) is 7.67. The number of benzene rings is 1. The SMILES string of the molecule is O=C(Nc1c2c(cc3c1CCC3)CCC2)NS(=O)(=O)N(c1cnn(C2COC2)c1)C1CCOCC1.[H-].[Na+]. The summed E-state index contributed by atoms with van der Waals surface area (Å²) in [4.78, 5) is 13.1. The summed E-state index contributed by atoms with van der Waals surface area (Å²) in [6.07, 6.45) is 10.3. The Labute approximate surface area is 235 Å². The number of anilines is 2. The molecule has 2 aromatic rings. The smallest absolute Gasteiger partial charge is 1.00 e. The van der Waals surface area contributed by atoms with E-state index in [4.69, 9.17) is 9.47 Å². The van der Waals surface area contributed by atoms with Crippen LogP contribution in [0.5, 0.6) is 0 Å². The molecule has 3 heterocycles. The van der Waals surface area contributed by atoms with Gasteiger partial charge in [0.05, 0.1) is 37.2 Å². The van der Waals surface area contributed by atoms with Crippen LogP contribution in [0, 0.1) is 0 Å². The summed E-state index contributed by atoms with van der Waals surface area (Å²) in [5.41, 5.74) is 6.12. The van der Waals surface area contributed by atoms with E-state index in [0.717, 1.165) is 55.3 Å². The Hall–Kier alpha value is -1.63. The maximum atomic E-state index is 13.6. The summed E-state index contributed by atoms with van der Waals surface area (Å²) in [5.74, 6) is 0. The average molecular weight is 526 g/mol. The molecule has 0 bridgehead atoms. The van der Waals surface area contributed by atoms with Crippen molar-refractivity contribution in [2.24, 2.45) is 0 Å². The van der Waals surface area contributed by atoms with Crippen LogP contribution in [0.1, 0.15) is 55.4 Å². The number of rotatable bonds is 6. The second-order valence-electron chi connectivity index (χ2n) is 9.80. The number of urea groups is 1. The molecule has 0 radical (unpaired) electrons. The van der Waals surface area contributed by atoms with Crippen molar-refractivity contribution in [1.82, 2.24) is 14.5 Å². The fraction of sp³-hybridized carbons (Fsp3) is 0.583. The molecule has 0 atom stereocenters. The van der Waals surface area contributed by atoms with Crippen LogP contribution in [0.15, 0.2) is 18.5 Å². The maximum absolute atomic E-state index is 13.6. The van der Waals surface area contributed by atoms with Gasteiger partial charge in [0.2, 0.25) is 0 Å². The number of hydrogen-bond donors (Lipinski definition) is 2. The van der Waals surface area contributed by atoms with Gasteiger partial charge in [-0.25, -0.2) is 13.8 Å². The molecule has 10 nitrogen and oxygen atoms in total. The zero-order valence-electron chi connectivity index (χ0n) is 21.7. The van der Waals surface area contributed by atoms with E-state index in [0.29, 0.717) is 45.0 Å². The van der Waals surface area contributed by atoms with Gasteiger partial charge in [0, 0.05) is 25.1 Å². The average Bonchev–Trinajstić information content (AvgIpc) is 3.54. The van der Waals surface area contributed by atoms with Gasteiger partial charge in [-0.1, -0.05) is 6.07 Å². The zero-order chi connectivity index (χ0) is 24.0. The van der Waals surface area contributed by atoms with E-state index in [1.54, 1.807) is 17.1 Å². The monoisotopic (exact) mass is 525 g/mol. The van der Waals surface area contributed by atoms with Crippen LogP contribution >= 0.6 is 0 Å². The van der Waals surface area contributed by atoms with Crippen molar-refractivity contribution >= 4 is 27.6 Å². The quantitative estimate of drug-likeness (QED) is 0.496. The van der Waals surface area contributed by atoms with Crippen molar-refractivity contribution in [3.05, 3.63) is 40.7 Å². The Morgan fingerprint density at radius 3 is 2.33 bits per heavy atom. The largest absolute Gasteiger partial charge is 1.00 e. The zero-order valence-corrected chi connectivity index (χ0v) is 23.5. The summed E-state index contributed by atoms with van der Waals surface area (Å²) in [6, 6.07) is 1.33. The van der Waals surface area contributed by atoms with Gasteiger partial charge in [0.25, 0.3) is 0 Å². The van der Waals surface area contributed by atoms with Gasteiger partial charge in [-0.05, 0) is 73.6 Å². The van der Waals surface area contributed by atoms with Crippen molar-refractivity contribution in [3.63, 3.8) is 0 Å². The van der Waals surface area contributed by atoms with E-state index in [1.165, 1.54) is 15.4 Å². The summed E-state index contributed by atoms with van der Waals surface area (Å²) in [5, 5.41) is 7.30. The first kappa shape index (κ1) is 26.0. The van der Waals surface area contributed by atoms with Gasteiger partial charge in [-0.15, -0.1) is 0 Å². The molecular weight excluding hydrogens is 493 g/mol. The standard InChI is InChI=1S/C24H31N5O5S.Na.H/c30-24(26-23-21-5-1-3-16(21)11-17-4-2-6-22(17)23)27-35(31,32)29(18-7-9-33-10-8-18)19-12-25-28(13-19)20-14-34-15-20;;/h11-13,18,20H,1-10,14-15H2,(H2,26,27,30);;/q;+1;-1. The third-order valence-electron chi connectivity index (χ3n) is 7.55. The van der Waals surface area contributed by atoms with Crippen LogP contribution in [-0.4, -0.2) is 56.7 Å². The molecule has 0 unspecified atom stereocenters. The number of aromatic nitrogens is 2. The molecule has 0 saturated carbocycles. The first-order valence-electron chi connectivity index (χ1n) is 12.5. The van der Waals surface area contributed by atoms with E-state index in [-0.39, 0.29) is 43.1 Å². The molecule has 2 aliphatic carbocycles. The Bertz CT molecular complexity index is 1210. The van der Waals surface area contributed by atoms with E-state index >= 15 is 0 Å². The molecule has 1 aromatic heterocycles. The number of hydrogen-bond acceptors (Lipinski definition) is 6. The van der Waals surface area contributed by atoms with E-state index < -0.39 is 16.2 Å². The number of nitrogens with zero attached hydrogens (tertiary/aromatic N) is 3. The summed E-state index contributed by atoms with van der Waals surface area (Å²) in [6.45, 7) is 2.04. The number of amides is 2. The number of fused-ring (bicyclic) bond motifs is 2. The predicted octanol–water partition coefficient (Wildman–Crippen LogP) is -0.400. The molecule has 4 aliphatic rings. The van der Waals surface area contributed by atoms with Gasteiger partial charge in [-0.3, -0.25) is 4.68 Å². The van der Waals surface area contributed by atoms with Crippen LogP contribution in [0.3, 0.4) is 0 Å². The van der Waals surface area contributed by atoms with E-state index in [9.17, 15) is 13.2 Å². The van der Waals surface area contributed by atoms with E-state index in [1.807, 2.05) is 0 Å². The number of nitrogens with one attached hydrogen (secondary N) is 2. The van der Waals surface area contributed by atoms with Crippen molar-refractivity contribution in [2.45, 2.75) is 63.5 Å². The predicted molar refractivity (Wildman–Crippen MR) is 131 cm³/mol. The Morgan fingerprint density at radius 2 is 1.72 bits per heavy atom. The number of aryl methyl sites for hydroxylation is 2. The number of ether oxygens (including phenoxy) is 2. The second kappa shape index (κ2) is 10.6. The minimum atomic E-state index is -4.19. The van der Waals surface area contributed by atoms with Gasteiger partial charge < -0.3 is 16.2 Å². The third kappa shape index (κ3) is 4.93. The third-order valence-corrected chi connectivity index (χ3v) is 9.02. The van der Waals surface area contributed by atoms with Crippen molar-refractivity contribution in [2.75, 3.05) is 36.0 Å². The Balaban J connectivity index is 0.00000160. The molecule has 1 aromatic carbocycles. The summed E-state index contributed by atoms with van der Waals surface area (Å²) < 4.78 is 43.3. The van der Waals surface area contributed by atoms with Gasteiger partial charge in [-0.2, -0.15) is 13.5 Å². The van der Waals surface area contributed by atoms with Crippen molar-refractivity contribution in [3.8, 4) is 0 Å². The topological polar surface area (TPSA) is 115 Å². The van der Waals surface area contributed by atoms with E-state index in [2.05, 4.69) is 21.2 Å². The molecule has 6 rings (SSSR count). The summed E-state index contributed by atoms with van der Waals surface area (Å²) in [7, 11) is -4.19. The van der Waals surface area contributed by atoms with Crippen LogP contribution in [0.25, 0.3) is 0 Å². The Morgan fingerprint density at radius 1 is 1.06 bits per heavy atom. The van der Waals surface area contributed by atoms with Crippen molar-refractivity contribution < 1.29 is 53.7 Å². The molecule has 190 valence electrons. The number of carbonyl (C=O) groups excluding carboxylic acids is 1. The molecule has 2 fully saturated rings. The molecule has 2 aliphatic heterocycles. The minimum absolute atomic E-state index is 0. The minimum Gasteiger partial charge on any atom is -1.00 e. The molecule has 12 heteroatoms. The molecular formula is C24H32N5NaO5S. The van der Waals surface area contributed by atoms with Crippen LogP contribution in [-0.2, 0) is 45.4 Å². The van der Waals surface area contributed by atoms with Crippen LogP contribution < -0.4 is 43.9 Å². The first-order chi connectivity index (χ1) is 17.0. The second-order valence-corrected chi connectivity index (χ2v) is 11.4. The van der Waals surface area contributed by atoms with Gasteiger partial charge >= 0.3 is 45.8 Å². The van der Waals surface area contributed by atoms with Crippen molar-refractivity contribution in [1.29, 1.82) is 0 Å². The van der Waals surface area contributed by atoms with Crippen LogP contribution in [0.4, 0.5) is 16.2 Å². The summed E-state index contributed by atoms with van der Waals surface area (Å²) >= 11 is 0. The molecule has 2 N–H and O–H groups in total. The normalized spacial score (nSPS) is 19.7. The van der Waals surface area contributed by atoms with Crippen LogP contribution in [0.2, 0.25) is 0 Å². The first-order valence-corrected chi connectivity index (χ1v) is 13.9. The van der Waals surface area contributed by atoms with Gasteiger partial charge in [0.15, 0.2) is 0 Å². The fourth-order valence-corrected chi connectivity index (χ4v) is 7.11. The van der Waals surface area contributed by atoms with Gasteiger partial charge in [0.1, 0.15) is 0 Å². The fourth-order valence-electron chi connectivity index (χ4n) is 5.76. The molecule has 36 heavy (non-hydrogen) atoms. The number of carbonyl (C=O) groups is 1. The molecule has 2 saturated heterocycles. The molecule has 0 spiro atoms. The molecule has 2 amide bonds.